The Kier molecular flexibility index (Phi) is 3.27. The summed E-state index contributed by atoms with van der Waals surface area (Å²) in [5.41, 5.74) is 2.30. The molecule has 4 rings (SSSR count). The van der Waals surface area contributed by atoms with Gasteiger partial charge in [-0.1, -0.05) is 36.0 Å². The molecule has 0 atom stereocenters. The third-order valence-electron chi connectivity index (χ3n) is 3.55. The quantitative estimate of drug-likeness (QED) is 0.343. The lowest BCUT2D eigenvalue weighted by atomic mass is 10.2. The number of thioether (sulfide) groups is 1. The number of H-pyrrole nitrogens is 1. The van der Waals surface area contributed by atoms with E-state index in [9.17, 15) is 4.79 Å². The lowest BCUT2D eigenvalue weighted by Gasteiger charge is -2.07. The summed E-state index contributed by atoms with van der Waals surface area (Å²) in [5.74, 6) is 7.25. The van der Waals surface area contributed by atoms with Crippen molar-refractivity contribution < 1.29 is 0 Å². The molecule has 3 N–H and O–H groups in total. The number of aromatic nitrogens is 4. The van der Waals surface area contributed by atoms with Crippen LogP contribution in [0, 0.1) is 0 Å². The number of fused-ring (bicyclic) bond motifs is 2. The maximum atomic E-state index is 12.3. The van der Waals surface area contributed by atoms with Gasteiger partial charge in [-0.15, -0.1) is 0 Å². The minimum Gasteiger partial charge on any atom is -0.341 e. The van der Waals surface area contributed by atoms with Crippen molar-refractivity contribution in [1.29, 1.82) is 0 Å². The molecule has 0 amide bonds. The van der Waals surface area contributed by atoms with Crippen molar-refractivity contribution in [2.24, 2.45) is 0 Å². The predicted molar refractivity (Wildman–Crippen MR) is 91.8 cm³/mol. The highest BCUT2D eigenvalue weighted by atomic mass is 32.2. The van der Waals surface area contributed by atoms with E-state index in [1.807, 2.05) is 36.4 Å². The molecule has 2 aromatic carbocycles. The van der Waals surface area contributed by atoms with Gasteiger partial charge in [-0.25, -0.2) is 14.6 Å². The highest BCUT2D eigenvalue weighted by Gasteiger charge is 2.10. The van der Waals surface area contributed by atoms with Crippen LogP contribution in [0.5, 0.6) is 0 Å². The minimum atomic E-state index is -0.247. The van der Waals surface area contributed by atoms with Crippen LogP contribution in [0.1, 0.15) is 5.82 Å². The SMILES string of the molecule is Nn1c(SCc2nc3ccccc3[nH]2)nc2ccccc2c1=O. The Morgan fingerprint density at radius 1 is 1.04 bits per heavy atom. The van der Waals surface area contributed by atoms with E-state index in [2.05, 4.69) is 15.0 Å². The summed E-state index contributed by atoms with van der Waals surface area (Å²) in [6.07, 6.45) is 0. The Morgan fingerprint density at radius 2 is 1.78 bits per heavy atom. The van der Waals surface area contributed by atoms with Crippen LogP contribution in [0.15, 0.2) is 58.5 Å². The first kappa shape index (κ1) is 13.8. The van der Waals surface area contributed by atoms with Gasteiger partial charge in [-0.2, -0.15) is 0 Å². The topological polar surface area (TPSA) is 89.6 Å². The van der Waals surface area contributed by atoms with Crippen molar-refractivity contribution in [3.63, 3.8) is 0 Å². The van der Waals surface area contributed by atoms with Gasteiger partial charge in [-0.05, 0) is 24.3 Å². The number of nitrogens with one attached hydrogen (secondary N) is 1. The monoisotopic (exact) mass is 323 g/mol. The molecule has 0 unspecified atom stereocenters. The summed E-state index contributed by atoms with van der Waals surface area (Å²) < 4.78 is 1.09. The first-order valence-corrected chi connectivity index (χ1v) is 8.04. The van der Waals surface area contributed by atoms with Crippen LogP contribution in [0.3, 0.4) is 0 Å². The van der Waals surface area contributed by atoms with Gasteiger partial charge in [0.2, 0.25) is 0 Å². The van der Waals surface area contributed by atoms with Crippen LogP contribution in [0.4, 0.5) is 0 Å². The van der Waals surface area contributed by atoms with Crippen molar-refractivity contribution in [3.05, 3.63) is 64.7 Å². The zero-order chi connectivity index (χ0) is 15.8. The maximum absolute atomic E-state index is 12.3. The molecule has 0 aliphatic heterocycles. The third kappa shape index (κ3) is 2.44. The summed E-state index contributed by atoms with van der Waals surface area (Å²) in [6, 6.07) is 15.0. The second-order valence-corrected chi connectivity index (χ2v) is 6.02. The standard InChI is InChI=1S/C16H13N5OS/c17-21-15(22)10-5-1-2-6-11(10)20-16(21)23-9-14-18-12-7-3-4-8-13(12)19-14/h1-8H,9,17H2,(H,18,19). The van der Waals surface area contributed by atoms with Gasteiger partial charge >= 0.3 is 0 Å². The largest absolute Gasteiger partial charge is 0.341 e. The highest BCUT2D eigenvalue weighted by Crippen LogP contribution is 2.21. The van der Waals surface area contributed by atoms with Crippen molar-refractivity contribution >= 4 is 33.7 Å². The van der Waals surface area contributed by atoms with E-state index in [-0.39, 0.29) is 5.56 Å². The van der Waals surface area contributed by atoms with Crippen LogP contribution in [0.25, 0.3) is 21.9 Å². The molecule has 0 bridgehead atoms. The molecule has 0 aliphatic rings. The second kappa shape index (κ2) is 5.44. The minimum absolute atomic E-state index is 0.247. The number of nitrogen functional groups attached to an aromatic ring is 1. The Labute approximate surface area is 135 Å². The van der Waals surface area contributed by atoms with Crippen LogP contribution < -0.4 is 11.4 Å². The molecule has 6 nitrogen and oxygen atoms in total. The van der Waals surface area contributed by atoms with Gasteiger partial charge < -0.3 is 10.8 Å². The molecular weight excluding hydrogens is 310 g/mol. The molecule has 0 aliphatic carbocycles. The first-order valence-electron chi connectivity index (χ1n) is 7.06. The molecule has 0 saturated heterocycles. The van der Waals surface area contributed by atoms with E-state index in [0.717, 1.165) is 21.5 Å². The van der Waals surface area contributed by atoms with Gasteiger partial charge in [-0.3, -0.25) is 4.79 Å². The summed E-state index contributed by atoms with van der Waals surface area (Å²) in [7, 11) is 0. The third-order valence-corrected chi connectivity index (χ3v) is 4.52. The van der Waals surface area contributed by atoms with Crippen molar-refractivity contribution in [2.45, 2.75) is 10.9 Å². The van der Waals surface area contributed by atoms with E-state index in [0.29, 0.717) is 21.8 Å². The Hall–Kier alpha value is -2.80. The molecule has 7 heteroatoms. The zero-order valence-corrected chi connectivity index (χ0v) is 12.9. The fourth-order valence-electron chi connectivity index (χ4n) is 2.43. The number of hydrogen-bond donors (Lipinski definition) is 2. The average molecular weight is 323 g/mol. The number of nitrogens with zero attached hydrogens (tertiary/aromatic N) is 3. The summed E-state index contributed by atoms with van der Waals surface area (Å²) in [6.45, 7) is 0. The number of aromatic amines is 1. The summed E-state index contributed by atoms with van der Waals surface area (Å²) >= 11 is 1.38. The molecule has 4 aromatic rings. The zero-order valence-electron chi connectivity index (χ0n) is 12.1. The fraction of sp³-hybridized carbons (Fsp3) is 0.0625. The molecule has 0 fully saturated rings. The fourth-order valence-corrected chi connectivity index (χ4v) is 3.22. The van der Waals surface area contributed by atoms with Gasteiger partial charge in [0.1, 0.15) is 5.82 Å². The van der Waals surface area contributed by atoms with Crippen LogP contribution in [-0.4, -0.2) is 19.6 Å². The number of hydrogen-bond acceptors (Lipinski definition) is 5. The Balaban J connectivity index is 1.67. The van der Waals surface area contributed by atoms with Gasteiger partial charge in [0.15, 0.2) is 5.16 Å². The molecule has 2 heterocycles. The first-order chi connectivity index (χ1) is 11.2. The molecule has 23 heavy (non-hydrogen) atoms. The number of para-hydroxylation sites is 3. The predicted octanol–water partition coefficient (Wildman–Crippen LogP) is 2.28. The lowest BCUT2D eigenvalue weighted by Crippen LogP contribution is -2.29. The van der Waals surface area contributed by atoms with Crippen molar-refractivity contribution in [1.82, 2.24) is 19.6 Å². The van der Waals surface area contributed by atoms with Gasteiger partial charge in [0.05, 0.1) is 27.7 Å². The van der Waals surface area contributed by atoms with E-state index in [1.54, 1.807) is 12.1 Å². The Morgan fingerprint density at radius 3 is 2.61 bits per heavy atom. The molecule has 0 spiro atoms. The van der Waals surface area contributed by atoms with Crippen LogP contribution >= 0.6 is 11.8 Å². The molecular formula is C16H13N5OS. The summed E-state index contributed by atoms with van der Waals surface area (Å²) in [4.78, 5) is 24.5. The molecule has 2 aromatic heterocycles. The maximum Gasteiger partial charge on any atom is 0.280 e. The van der Waals surface area contributed by atoms with E-state index < -0.39 is 0 Å². The van der Waals surface area contributed by atoms with Gasteiger partial charge in [0.25, 0.3) is 5.56 Å². The van der Waals surface area contributed by atoms with E-state index in [1.165, 1.54) is 11.8 Å². The normalized spacial score (nSPS) is 11.3. The number of benzene rings is 2. The van der Waals surface area contributed by atoms with E-state index in [4.69, 9.17) is 5.84 Å². The smallest absolute Gasteiger partial charge is 0.280 e. The van der Waals surface area contributed by atoms with Crippen molar-refractivity contribution in [2.75, 3.05) is 5.84 Å². The van der Waals surface area contributed by atoms with Crippen LogP contribution in [0.2, 0.25) is 0 Å². The van der Waals surface area contributed by atoms with E-state index >= 15 is 0 Å². The lowest BCUT2D eigenvalue weighted by molar-refractivity contribution is 0.779. The molecule has 0 saturated carbocycles. The molecule has 0 radical (unpaired) electrons. The average Bonchev–Trinajstić information content (AvgIpc) is 3.00. The van der Waals surface area contributed by atoms with Crippen LogP contribution in [-0.2, 0) is 5.75 Å². The number of rotatable bonds is 3. The highest BCUT2D eigenvalue weighted by molar-refractivity contribution is 7.98. The Bertz CT molecular complexity index is 1040. The number of nitrogens with two attached hydrogens (primary N) is 1. The van der Waals surface area contributed by atoms with Crippen molar-refractivity contribution in [3.8, 4) is 0 Å². The molecule has 114 valence electrons. The van der Waals surface area contributed by atoms with Gasteiger partial charge in [0, 0.05) is 0 Å². The summed E-state index contributed by atoms with van der Waals surface area (Å²) in [5, 5.41) is 0.984. The second-order valence-electron chi connectivity index (χ2n) is 5.08. The number of imidazole rings is 1.